The van der Waals surface area contributed by atoms with Crippen LogP contribution in [0, 0.1) is 23.2 Å². The lowest BCUT2D eigenvalue weighted by Crippen LogP contribution is -2.39. The quantitative estimate of drug-likeness (QED) is 0.703. The van der Waals surface area contributed by atoms with Crippen molar-refractivity contribution in [2.45, 2.75) is 12.8 Å². The van der Waals surface area contributed by atoms with Gasteiger partial charge in [-0.2, -0.15) is 5.26 Å². The van der Waals surface area contributed by atoms with Crippen molar-refractivity contribution in [2.24, 2.45) is 11.8 Å². The molecule has 0 aliphatic carbocycles. The maximum atomic E-state index is 10.8. The van der Waals surface area contributed by atoms with Gasteiger partial charge in [0, 0.05) is 19.3 Å². The number of carboxylic acids is 1. The fraction of sp³-hybridized carbons (Fsp3) is 0.600. The first kappa shape index (κ1) is 9.07. The van der Waals surface area contributed by atoms with Crippen LogP contribution in [0.5, 0.6) is 0 Å². The highest BCUT2D eigenvalue weighted by Gasteiger charge is 2.34. The molecule has 0 radical (unpaired) electrons. The molecule has 1 atom stereocenters. The number of hydrogen-bond donors (Lipinski definition) is 1. The summed E-state index contributed by atoms with van der Waals surface area (Å²) in [6.07, 6.45) is 3.87. The van der Waals surface area contributed by atoms with Gasteiger partial charge in [-0.15, -0.1) is 0 Å². The molecule has 3 aliphatic rings. The lowest BCUT2D eigenvalue weighted by molar-refractivity contribution is -0.139. The molecule has 1 unspecified atom stereocenters. The summed E-state index contributed by atoms with van der Waals surface area (Å²) in [5.74, 6) is -1.64. The van der Waals surface area contributed by atoms with E-state index in [0.29, 0.717) is 5.92 Å². The molecule has 14 heavy (non-hydrogen) atoms. The van der Waals surface area contributed by atoms with Crippen molar-refractivity contribution in [1.82, 2.24) is 4.90 Å². The molecule has 0 amide bonds. The van der Waals surface area contributed by atoms with Crippen LogP contribution in [0.25, 0.3) is 0 Å². The topological polar surface area (TPSA) is 64.3 Å². The van der Waals surface area contributed by atoms with Crippen molar-refractivity contribution in [3.05, 3.63) is 11.8 Å². The van der Waals surface area contributed by atoms with Crippen LogP contribution in [-0.4, -0.2) is 29.1 Å². The predicted octanol–water partition coefficient (Wildman–Crippen LogP) is 0.820. The van der Waals surface area contributed by atoms with E-state index in [2.05, 4.69) is 4.90 Å². The third-order valence-corrected chi connectivity index (χ3v) is 3.04. The average molecular weight is 192 g/mol. The molecule has 3 heterocycles. The predicted molar refractivity (Wildman–Crippen MR) is 49.1 cm³/mol. The van der Waals surface area contributed by atoms with Gasteiger partial charge in [-0.25, -0.2) is 0 Å². The van der Waals surface area contributed by atoms with Gasteiger partial charge in [-0.1, -0.05) is 0 Å². The van der Waals surface area contributed by atoms with Gasteiger partial charge in [-0.3, -0.25) is 4.79 Å². The van der Waals surface area contributed by atoms with E-state index in [1.807, 2.05) is 12.3 Å². The monoisotopic (exact) mass is 192 g/mol. The third-order valence-electron chi connectivity index (χ3n) is 3.04. The van der Waals surface area contributed by atoms with Crippen LogP contribution in [0.4, 0.5) is 0 Å². The van der Waals surface area contributed by atoms with Crippen molar-refractivity contribution in [3.63, 3.8) is 0 Å². The van der Waals surface area contributed by atoms with Crippen LogP contribution < -0.4 is 0 Å². The van der Waals surface area contributed by atoms with Gasteiger partial charge in [-0.05, 0) is 24.3 Å². The van der Waals surface area contributed by atoms with E-state index in [4.69, 9.17) is 10.4 Å². The number of hydrogen-bond acceptors (Lipinski definition) is 3. The second kappa shape index (κ2) is 3.33. The van der Waals surface area contributed by atoms with E-state index in [0.717, 1.165) is 31.5 Å². The highest BCUT2D eigenvalue weighted by Crippen LogP contribution is 2.35. The lowest BCUT2D eigenvalue weighted by Gasteiger charge is -2.39. The van der Waals surface area contributed by atoms with Gasteiger partial charge < -0.3 is 10.0 Å². The Morgan fingerprint density at radius 2 is 2.29 bits per heavy atom. The average Bonchev–Trinajstić information content (AvgIpc) is 2.20. The van der Waals surface area contributed by atoms with Gasteiger partial charge in [0.05, 0.1) is 6.07 Å². The minimum Gasteiger partial charge on any atom is -0.480 e. The number of rotatable bonds is 2. The molecule has 0 aromatic carbocycles. The zero-order chi connectivity index (χ0) is 10.1. The van der Waals surface area contributed by atoms with Gasteiger partial charge >= 0.3 is 5.97 Å². The first-order valence-corrected chi connectivity index (χ1v) is 4.80. The van der Waals surface area contributed by atoms with Gasteiger partial charge in [0.25, 0.3) is 0 Å². The zero-order valence-electron chi connectivity index (χ0n) is 7.81. The fourth-order valence-corrected chi connectivity index (χ4v) is 2.26. The first-order chi connectivity index (χ1) is 6.72. The summed E-state index contributed by atoms with van der Waals surface area (Å²) < 4.78 is 0. The largest absolute Gasteiger partial charge is 0.480 e. The van der Waals surface area contributed by atoms with E-state index in [1.54, 1.807) is 0 Å². The summed E-state index contributed by atoms with van der Waals surface area (Å²) >= 11 is 0. The minimum absolute atomic E-state index is 0.320. The Balaban J connectivity index is 2.26. The molecule has 1 N–H and O–H groups in total. The van der Waals surface area contributed by atoms with Gasteiger partial charge in [0.2, 0.25) is 0 Å². The SMILES string of the molecule is N#CC(C(=O)O)C1=CN2CCC1CC2. The second-order valence-electron chi connectivity index (χ2n) is 3.84. The normalized spacial score (nSPS) is 22.8. The van der Waals surface area contributed by atoms with Crippen LogP contribution in [0.15, 0.2) is 11.8 Å². The van der Waals surface area contributed by atoms with E-state index in [9.17, 15) is 4.79 Å². The molecule has 0 aromatic heterocycles. The summed E-state index contributed by atoms with van der Waals surface area (Å²) in [5, 5.41) is 17.7. The number of piperidine rings is 1. The van der Waals surface area contributed by atoms with Crippen molar-refractivity contribution in [3.8, 4) is 6.07 Å². The molecule has 3 aliphatic heterocycles. The molecule has 74 valence electrons. The Hall–Kier alpha value is -1.50. The molecule has 1 fully saturated rings. The van der Waals surface area contributed by atoms with E-state index >= 15 is 0 Å². The van der Waals surface area contributed by atoms with E-state index in [1.165, 1.54) is 0 Å². The van der Waals surface area contributed by atoms with Crippen LogP contribution in [-0.2, 0) is 4.79 Å². The number of nitrogens with zero attached hydrogens (tertiary/aromatic N) is 2. The second-order valence-corrected chi connectivity index (χ2v) is 3.84. The molecule has 4 nitrogen and oxygen atoms in total. The Bertz CT molecular complexity index is 322. The Labute approximate surface area is 82.4 Å². The third kappa shape index (κ3) is 1.35. The number of aliphatic carboxylic acids is 1. The standard InChI is InChI=1S/C10H12N2O2/c11-5-8(10(13)14)9-6-12-3-1-7(9)2-4-12/h6-8H,1-4H2,(H,13,14). The smallest absolute Gasteiger partial charge is 0.325 e. The van der Waals surface area contributed by atoms with Crippen LogP contribution in [0.1, 0.15) is 12.8 Å². The van der Waals surface area contributed by atoms with Crippen LogP contribution in [0.3, 0.4) is 0 Å². The number of carbonyl (C=O) groups is 1. The van der Waals surface area contributed by atoms with Gasteiger partial charge in [0.1, 0.15) is 0 Å². The molecule has 0 saturated carbocycles. The summed E-state index contributed by atoms with van der Waals surface area (Å²) in [6.45, 7) is 2.01. The minimum atomic E-state index is -1.02. The Morgan fingerprint density at radius 3 is 2.64 bits per heavy atom. The Kier molecular flexibility index (Phi) is 2.16. The zero-order valence-corrected chi connectivity index (χ0v) is 7.81. The maximum absolute atomic E-state index is 10.8. The Morgan fingerprint density at radius 1 is 1.64 bits per heavy atom. The van der Waals surface area contributed by atoms with Crippen molar-refractivity contribution in [1.29, 1.82) is 5.26 Å². The highest BCUT2D eigenvalue weighted by molar-refractivity contribution is 5.77. The molecule has 0 aromatic rings. The van der Waals surface area contributed by atoms with Crippen molar-refractivity contribution >= 4 is 5.97 Å². The van der Waals surface area contributed by atoms with Crippen molar-refractivity contribution in [2.75, 3.05) is 13.1 Å². The molecular weight excluding hydrogens is 180 g/mol. The van der Waals surface area contributed by atoms with Crippen LogP contribution >= 0.6 is 0 Å². The summed E-state index contributed by atoms with van der Waals surface area (Å²) in [4.78, 5) is 12.9. The molecule has 4 heteroatoms. The highest BCUT2D eigenvalue weighted by atomic mass is 16.4. The van der Waals surface area contributed by atoms with E-state index in [-0.39, 0.29) is 0 Å². The lowest BCUT2D eigenvalue weighted by atomic mass is 9.80. The molecule has 3 rings (SSSR count). The van der Waals surface area contributed by atoms with Crippen LogP contribution in [0.2, 0.25) is 0 Å². The molecule has 1 saturated heterocycles. The van der Waals surface area contributed by atoms with Gasteiger partial charge in [0.15, 0.2) is 5.92 Å². The van der Waals surface area contributed by atoms with Crippen molar-refractivity contribution < 1.29 is 9.90 Å². The fourth-order valence-electron chi connectivity index (χ4n) is 2.26. The molecule has 0 spiro atoms. The number of fused-ring (bicyclic) bond motifs is 2. The first-order valence-electron chi connectivity index (χ1n) is 4.80. The molecular formula is C10H12N2O2. The summed E-state index contributed by atoms with van der Waals surface area (Å²) in [5.41, 5.74) is 0.803. The molecule has 2 bridgehead atoms. The number of nitriles is 1. The maximum Gasteiger partial charge on any atom is 0.325 e. The summed E-state index contributed by atoms with van der Waals surface area (Å²) in [6, 6.07) is 1.86. The summed E-state index contributed by atoms with van der Waals surface area (Å²) in [7, 11) is 0. The number of carboxylic acid groups (broad SMARTS) is 1. The van der Waals surface area contributed by atoms with E-state index < -0.39 is 11.9 Å².